The highest BCUT2D eigenvalue weighted by Crippen LogP contribution is 2.54. The second-order valence-electron chi connectivity index (χ2n) is 6.72. The fourth-order valence-corrected chi connectivity index (χ4v) is 3.52. The Morgan fingerprint density at radius 2 is 1.67 bits per heavy atom. The Kier molecular flexibility index (Phi) is 4.22. The van der Waals surface area contributed by atoms with Crippen LogP contribution >= 0.6 is 0 Å². The Hall–Kier alpha value is -2.49. The number of hydrogen-bond acceptors (Lipinski definition) is 4. The second-order valence-corrected chi connectivity index (χ2v) is 6.72. The van der Waals surface area contributed by atoms with Gasteiger partial charge in [-0.15, -0.1) is 0 Å². The minimum absolute atomic E-state index is 0.0482. The van der Waals surface area contributed by atoms with Crippen LogP contribution in [0.2, 0.25) is 0 Å². The van der Waals surface area contributed by atoms with E-state index in [2.05, 4.69) is 25.2 Å². The van der Waals surface area contributed by atoms with Crippen LogP contribution in [0.15, 0.2) is 48.5 Å². The molecular weight excluding hydrogens is 302 g/mol. The summed E-state index contributed by atoms with van der Waals surface area (Å²) in [5.41, 5.74) is 2.69. The summed E-state index contributed by atoms with van der Waals surface area (Å²) in [6.45, 7) is 5.68. The minimum Gasteiger partial charge on any atom is -0.496 e. The standard InChI is InChI=1S/C20H23NO3/c1-13(22)24-19-14-9-5-7-11-16(14)21-18(20(19,2)3)15-10-6-8-12-17(15)23-4/h5-12,18-19,21H,1-4H3/t18-,19+/m0/s1. The molecule has 0 spiro atoms. The molecule has 0 bridgehead atoms. The first-order valence-corrected chi connectivity index (χ1v) is 8.10. The second kappa shape index (κ2) is 6.19. The van der Waals surface area contributed by atoms with E-state index in [9.17, 15) is 4.79 Å². The van der Waals surface area contributed by atoms with Gasteiger partial charge in [0, 0.05) is 29.2 Å². The van der Waals surface area contributed by atoms with Gasteiger partial charge in [0.1, 0.15) is 11.9 Å². The third kappa shape index (κ3) is 2.73. The Morgan fingerprint density at radius 3 is 2.33 bits per heavy atom. The van der Waals surface area contributed by atoms with Gasteiger partial charge in [-0.05, 0) is 12.1 Å². The lowest BCUT2D eigenvalue weighted by Crippen LogP contribution is -2.40. The highest BCUT2D eigenvalue weighted by atomic mass is 16.5. The molecule has 0 amide bonds. The fourth-order valence-electron chi connectivity index (χ4n) is 3.52. The van der Waals surface area contributed by atoms with Crippen LogP contribution in [0, 0.1) is 5.41 Å². The highest BCUT2D eigenvalue weighted by Gasteiger charge is 2.46. The molecule has 4 nitrogen and oxygen atoms in total. The molecule has 0 saturated carbocycles. The SMILES string of the molecule is COc1ccccc1[C@@H]1Nc2ccccc2[C@@H](OC(C)=O)C1(C)C. The van der Waals surface area contributed by atoms with Gasteiger partial charge in [0.15, 0.2) is 0 Å². The molecule has 0 unspecified atom stereocenters. The molecule has 1 N–H and O–H groups in total. The number of para-hydroxylation sites is 2. The predicted molar refractivity (Wildman–Crippen MR) is 94.1 cm³/mol. The third-order valence-corrected chi connectivity index (χ3v) is 4.70. The molecule has 2 aromatic carbocycles. The van der Waals surface area contributed by atoms with E-state index in [0.29, 0.717) is 0 Å². The number of ether oxygens (including phenoxy) is 2. The molecule has 126 valence electrons. The molecule has 1 aliphatic rings. The topological polar surface area (TPSA) is 47.6 Å². The first-order valence-electron chi connectivity index (χ1n) is 8.10. The van der Waals surface area contributed by atoms with Crippen molar-refractivity contribution >= 4 is 11.7 Å². The predicted octanol–water partition coefficient (Wildman–Crippen LogP) is 4.49. The maximum absolute atomic E-state index is 11.7. The van der Waals surface area contributed by atoms with E-state index in [0.717, 1.165) is 22.6 Å². The first-order chi connectivity index (χ1) is 11.4. The maximum atomic E-state index is 11.7. The van der Waals surface area contributed by atoms with Gasteiger partial charge >= 0.3 is 5.97 Å². The van der Waals surface area contributed by atoms with E-state index in [1.807, 2.05) is 42.5 Å². The Bertz CT molecular complexity index is 754. The number of anilines is 1. The zero-order chi connectivity index (χ0) is 17.3. The van der Waals surface area contributed by atoms with Gasteiger partial charge in [-0.1, -0.05) is 50.2 Å². The van der Waals surface area contributed by atoms with E-state index in [-0.39, 0.29) is 23.5 Å². The Labute approximate surface area is 142 Å². The quantitative estimate of drug-likeness (QED) is 0.845. The van der Waals surface area contributed by atoms with Gasteiger partial charge in [0.05, 0.1) is 13.2 Å². The summed E-state index contributed by atoms with van der Waals surface area (Å²) < 4.78 is 11.3. The summed E-state index contributed by atoms with van der Waals surface area (Å²) in [7, 11) is 1.67. The lowest BCUT2D eigenvalue weighted by Gasteiger charge is -2.46. The molecule has 2 atom stereocenters. The van der Waals surface area contributed by atoms with E-state index in [1.165, 1.54) is 6.92 Å². The van der Waals surface area contributed by atoms with Crippen molar-refractivity contribution < 1.29 is 14.3 Å². The lowest BCUT2D eigenvalue weighted by atomic mass is 9.70. The fraction of sp³-hybridized carbons (Fsp3) is 0.350. The normalized spacial score (nSPS) is 21.3. The van der Waals surface area contributed by atoms with Crippen LogP contribution in [0.25, 0.3) is 0 Å². The smallest absolute Gasteiger partial charge is 0.303 e. The van der Waals surface area contributed by atoms with Crippen LogP contribution in [0.5, 0.6) is 5.75 Å². The van der Waals surface area contributed by atoms with Gasteiger partial charge in [0.25, 0.3) is 0 Å². The number of hydrogen-bond donors (Lipinski definition) is 1. The average Bonchev–Trinajstić information content (AvgIpc) is 2.57. The zero-order valence-corrected chi connectivity index (χ0v) is 14.5. The molecule has 0 aromatic heterocycles. The van der Waals surface area contributed by atoms with Crippen LogP contribution in [-0.4, -0.2) is 13.1 Å². The minimum atomic E-state index is -0.353. The number of esters is 1. The monoisotopic (exact) mass is 325 g/mol. The number of carbonyl (C=O) groups is 1. The number of fused-ring (bicyclic) bond motifs is 1. The van der Waals surface area contributed by atoms with Crippen molar-refractivity contribution in [2.24, 2.45) is 5.41 Å². The summed E-state index contributed by atoms with van der Waals surface area (Å²) in [6.07, 6.45) is -0.331. The van der Waals surface area contributed by atoms with Gasteiger partial charge in [0.2, 0.25) is 0 Å². The molecule has 24 heavy (non-hydrogen) atoms. The molecule has 3 rings (SSSR count). The number of rotatable bonds is 3. The van der Waals surface area contributed by atoms with Crippen molar-refractivity contribution in [3.05, 3.63) is 59.7 Å². The van der Waals surface area contributed by atoms with Crippen LogP contribution in [0.3, 0.4) is 0 Å². The van der Waals surface area contributed by atoms with Crippen LogP contribution in [0.1, 0.15) is 44.0 Å². The third-order valence-electron chi connectivity index (χ3n) is 4.70. The van der Waals surface area contributed by atoms with Crippen molar-refractivity contribution in [2.45, 2.75) is 32.9 Å². The molecule has 0 aliphatic carbocycles. The number of carbonyl (C=O) groups excluding carboxylic acids is 1. The lowest BCUT2D eigenvalue weighted by molar-refractivity contribution is -0.154. The summed E-state index contributed by atoms with van der Waals surface area (Å²) >= 11 is 0. The maximum Gasteiger partial charge on any atom is 0.303 e. The molecule has 1 heterocycles. The van der Waals surface area contributed by atoms with E-state index < -0.39 is 0 Å². The number of benzene rings is 2. The van der Waals surface area contributed by atoms with Gasteiger partial charge in [-0.25, -0.2) is 0 Å². The van der Waals surface area contributed by atoms with E-state index in [4.69, 9.17) is 9.47 Å². The first kappa shape index (κ1) is 16.4. The summed E-state index contributed by atoms with van der Waals surface area (Å²) in [5, 5.41) is 3.61. The van der Waals surface area contributed by atoms with Gasteiger partial charge in [-0.3, -0.25) is 4.79 Å². The molecule has 0 saturated heterocycles. The average molecular weight is 325 g/mol. The van der Waals surface area contributed by atoms with Gasteiger partial charge in [-0.2, -0.15) is 0 Å². The van der Waals surface area contributed by atoms with Gasteiger partial charge < -0.3 is 14.8 Å². The largest absolute Gasteiger partial charge is 0.496 e. The molecule has 0 fully saturated rings. The van der Waals surface area contributed by atoms with Crippen molar-refractivity contribution in [3.63, 3.8) is 0 Å². The van der Waals surface area contributed by atoms with Crippen molar-refractivity contribution in [1.29, 1.82) is 0 Å². The molecule has 2 aromatic rings. The molecule has 0 radical (unpaired) electrons. The molecule has 4 heteroatoms. The van der Waals surface area contributed by atoms with E-state index >= 15 is 0 Å². The Balaban J connectivity index is 2.13. The zero-order valence-electron chi connectivity index (χ0n) is 14.5. The number of methoxy groups -OCH3 is 1. The van der Waals surface area contributed by atoms with Crippen LogP contribution in [0.4, 0.5) is 5.69 Å². The Morgan fingerprint density at radius 1 is 1.04 bits per heavy atom. The summed E-state index contributed by atoms with van der Waals surface area (Å²) in [6, 6.07) is 15.9. The summed E-state index contributed by atoms with van der Waals surface area (Å²) in [4.78, 5) is 11.7. The van der Waals surface area contributed by atoms with Crippen molar-refractivity contribution in [3.8, 4) is 5.75 Å². The van der Waals surface area contributed by atoms with Crippen LogP contribution < -0.4 is 10.1 Å². The molecule has 1 aliphatic heterocycles. The van der Waals surface area contributed by atoms with Crippen molar-refractivity contribution in [2.75, 3.05) is 12.4 Å². The number of nitrogens with one attached hydrogen (secondary N) is 1. The van der Waals surface area contributed by atoms with E-state index in [1.54, 1.807) is 7.11 Å². The molecular formula is C20H23NO3. The van der Waals surface area contributed by atoms with Crippen LogP contribution in [-0.2, 0) is 9.53 Å². The van der Waals surface area contributed by atoms with Crippen molar-refractivity contribution in [1.82, 2.24) is 0 Å². The highest BCUT2D eigenvalue weighted by molar-refractivity contribution is 5.68. The summed E-state index contributed by atoms with van der Waals surface area (Å²) in [5.74, 6) is 0.549.